The van der Waals surface area contributed by atoms with Gasteiger partial charge in [-0.05, 0) is 18.4 Å². The lowest BCUT2D eigenvalue weighted by atomic mass is 10.3. The molecule has 0 saturated carbocycles. The number of carbonyl (C=O) groups is 1. The van der Waals surface area contributed by atoms with Crippen molar-refractivity contribution in [3.8, 4) is 0 Å². The van der Waals surface area contributed by atoms with Gasteiger partial charge in [0.25, 0.3) is 0 Å². The van der Waals surface area contributed by atoms with Crippen LogP contribution in [-0.2, 0) is 4.79 Å². The molecule has 1 amide bonds. The van der Waals surface area contributed by atoms with E-state index in [1.807, 2.05) is 36.6 Å². The number of anilines is 2. The number of amides is 1. The van der Waals surface area contributed by atoms with E-state index in [4.69, 9.17) is 5.73 Å². The third-order valence-electron chi connectivity index (χ3n) is 2.95. The highest BCUT2D eigenvalue weighted by Gasteiger charge is 2.06. The van der Waals surface area contributed by atoms with Crippen LogP contribution in [0.1, 0.15) is 0 Å². The van der Waals surface area contributed by atoms with Crippen LogP contribution < -0.4 is 10.6 Å². The smallest absolute Gasteiger partial charge is 0.250 e. The molecule has 2 rings (SSSR count). The van der Waals surface area contributed by atoms with Crippen molar-refractivity contribution in [1.82, 2.24) is 9.97 Å². The SMILES string of the molecule is CSc1cc(N)nc(SC/C=C/C(=O)N(C)c2ccccc2)n1. The second kappa shape index (κ2) is 8.59. The Kier molecular flexibility index (Phi) is 6.49. The molecule has 1 aromatic heterocycles. The number of likely N-dealkylation sites (N-methyl/N-ethyl adjacent to an activating group) is 1. The molecule has 5 nitrogen and oxygen atoms in total. The molecule has 120 valence electrons. The van der Waals surface area contributed by atoms with Crippen LogP contribution in [0.4, 0.5) is 11.5 Å². The minimum atomic E-state index is -0.0740. The fraction of sp³-hybridized carbons (Fsp3) is 0.188. The Bertz CT molecular complexity index is 692. The summed E-state index contributed by atoms with van der Waals surface area (Å²) in [6.07, 6.45) is 5.30. The van der Waals surface area contributed by atoms with Crippen molar-refractivity contribution in [3.63, 3.8) is 0 Å². The van der Waals surface area contributed by atoms with Crippen molar-refractivity contribution >= 4 is 40.9 Å². The molecule has 1 aromatic carbocycles. The molecule has 2 N–H and O–H groups in total. The maximum Gasteiger partial charge on any atom is 0.250 e. The highest BCUT2D eigenvalue weighted by molar-refractivity contribution is 7.99. The minimum absolute atomic E-state index is 0.0740. The Morgan fingerprint density at radius 1 is 1.30 bits per heavy atom. The molecule has 0 radical (unpaired) electrons. The fourth-order valence-corrected chi connectivity index (χ4v) is 2.90. The second-order valence-corrected chi connectivity index (χ2v) is 6.38. The zero-order valence-corrected chi connectivity index (χ0v) is 14.6. The van der Waals surface area contributed by atoms with Crippen LogP contribution in [0.25, 0.3) is 0 Å². The fourth-order valence-electron chi connectivity index (χ4n) is 1.75. The standard InChI is InChI=1S/C16H18N4OS2/c1-20(12-7-4-3-5-8-12)15(21)9-6-10-23-16-18-13(17)11-14(19-16)22-2/h3-9,11H,10H2,1-2H3,(H2,17,18,19)/b9-6+. The molecule has 1 heterocycles. The van der Waals surface area contributed by atoms with E-state index in [1.165, 1.54) is 23.5 Å². The summed E-state index contributed by atoms with van der Waals surface area (Å²) in [6.45, 7) is 0. The van der Waals surface area contributed by atoms with Crippen LogP contribution in [0.2, 0.25) is 0 Å². The monoisotopic (exact) mass is 346 g/mol. The predicted octanol–water partition coefficient (Wildman–Crippen LogP) is 3.09. The number of carbonyl (C=O) groups excluding carboxylic acids is 1. The van der Waals surface area contributed by atoms with E-state index in [-0.39, 0.29) is 5.91 Å². The summed E-state index contributed by atoms with van der Waals surface area (Å²) in [4.78, 5) is 22.2. The van der Waals surface area contributed by atoms with Gasteiger partial charge in [0.15, 0.2) is 5.16 Å². The molecule has 0 aliphatic rings. The molecule has 0 bridgehead atoms. The molecule has 0 saturated heterocycles. The first kappa shape index (κ1) is 17.4. The summed E-state index contributed by atoms with van der Waals surface area (Å²) in [5, 5.41) is 1.45. The summed E-state index contributed by atoms with van der Waals surface area (Å²) < 4.78 is 0. The number of hydrogen-bond acceptors (Lipinski definition) is 6. The molecule has 0 fully saturated rings. The lowest BCUT2D eigenvalue weighted by molar-refractivity contribution is -0.113. The number of aromatic nitrogens is 2. The number of nitrogens with two attached hydrogens (primary N) is 1. The highest BCUT2D eigenvalue weighted by atomic mass is 32.2. The zero-order chi connectivity index (χ0) is 16.7. The quantitative estimate of drug-likeness (QED) is 0.375. The van der Waals surface area contributed by atoms with Crippen molar-refractivity contribution in [1.29, 1.82) is 0 Å². The highest BCUT2D eigenvalue weighted by Crippen LogP contribution is 2.20. The maximum absolute atomic E-state index is 12.1. The molecule has 2 aromatic rings. The number of nitrogen functional groups attached to an aromatic ring is 1. The van der Waals surface area contributed by atoms with Crippen molar-refractivity contribution in [3.05, 3.63) is 48.6 Å². The number of para-hydroxylation sites is 1. The molecule has 7 heteroatoms. The summed E-state index contributed by atoms with van der Waals surface area (Å²) in [7, 11) is 1.75. The van der Waals surface area contributed by atoms with Crippen LogP contribution >= 0.6 is 23.5 Å². The number of benzene rings is 1. The summed E-state index contributed by atoms with van der Waals surface area (Å²) in [6, 6.07) is 11.2. The lowest BCUT2D eigenvalue weighted by Crippen LogP contribution is -2.23. The summed E-state index contributed by atoms with van der Waals surface area (Å²) in [5.41, 5.74) is 6.59. The van der Waals surface area contributed by atoms with Gasteiger partial charge in [0, 0.05) is 30.6 Å². The van der Waals surface area contributed by atoms with Crippen LogP contribution in [0.5, 0.6) is 0 Å². The largest absolute Gasteiger partial charge is 0.384 e. The van der Waals surface area contributed by atoms with Crippen molar-refractivity contribution in [2.45, 2.75) is 10.2 Å². The molecule has 0 unspecified atom stereocenters. The first-order valence-electron chi connectivity index (χ1n) is 6.91. The average molecular weight is 346 g/mol. The maximum atomic E-state index is 12.1. The van der Waals surface area contributed by atoms with Gasteiger partial charge in [-0.1, -0.05) is 36.0 Å². The molecular formula is C16H18N4OS2. The van der Waals surface area contributed by atoms with Crippen molar-refractivity contribution in [2.24, 2.45) is 0 Å². The van der Waals surface area contributed by atoms with E-state index in [9.17, 15) is 4.79 Å². The van der Waals surface area contributed by atoms with Crippen LogP contribution in [-0.4, -0.2) is 34.9 Å². The topological polar surface area (TPSA) is 72.1 Å². The third-order valence-corrected chi connectivity index (χ3v) is 4.38. The molecule has 0 aliphatic heterocycles. The van der Waals surface area contributed by atoms with Gasteiger partial charge < -0.3 is 10.6 Å². The van der Waals surface area contributed by atoms with Gasteiger partial charge in [-0.2, -0.15) is 0 Å². The van der Waals surface area contributed by atoms with E-state index in [1.54, 1.807) is 30.2 Å². The zero-order valence-electron chi connectivity index (χ0n) is 13.0. The van der Waals surface area contributed by atoms with Crippen molar-refractivity contribution in [2.75, 3.05) is 29.7 Å². The van der Waals surface area contributed by atoms with E-state index in [0.717, 1.165) is 10.7 Å². The molecule has 0 atom stereocenters. The Hall–Kier alpha value is -1.99. The Morgan fingerprint density at radius 3 is 2.74 bits per heavy atom. The molecule has 0 aliphatic carbocycles. The molecular weight excluding hydrogens is 328 g/mol. The minimum Gasteiger partial charge on any atom is -0.384 e. The van der Waals surface area contributed by atoms with Gasteiger partial charge in [0.2, 0.25) is 5.91 Å². The Balaban J connectivity index is 1.89. The van der Waals surface area contributed by atoms with Gasteiger partial charge in [0.05, 0.1) is 0 Å². The van der Waals surface area contributed by atoms with Crippen LogP contribution in [0.15, 0.2) is 58.7 Å². The normalized spacial score (nSPS) is 10.9. The van der Waals surface area contributed by atoms with E-state index < -0.39 is 0 Å². The second-order valence-electron chi connectivity index (χ2n) is 4.56. The van der Waals surface area contributed by atoms with Crippen LogP contribution in [0, 0.1) is 0 Å². The van der Waals surface area contributed by atoms with Gasteiger partial charge in [-0.15, -0.1) is 11.8 Å². The Labute approximate surface area is 144 Å². The molecule has 23 heavy (non-hydrogen) atoms. The van der Waals surface area contributed by atoms with Crippen molar-refractivity contribution < 1.29 is 4.79 Å². The Morgan fingerprint density at radius 2 is 2.04 bits per heavy atom. The predicted molar refractivity (Wildman–Crippen MR) is 97.9 cm³/mol. The average Bonchev–Trinajstić information content (AvgIpc) is 2.58. The molecule has 0 spiro atoms. The summed E-state index contributed by atoms with van der Waals surface area (Å²) >= 11 is 2.96. The van der Waals surface area contributed by atoms with Gasteiger partial charge in [-0.3, -0.25) is 4.79 Å². The number of hydrogen-bond donors (Lipinski definition) is 1. The van der Waals surface area contributed by atoms with E-state index in [0.29, 0.717) is 16.7 Å². The third kappa shape index (κ3) is 5.30. The van der Waals surface area contributed by atoms with E-state index in [2.05, 4.69) is 9.97 Å². The number of rotatable bonds is 6. The number of thioether (sulfide) groups is 2. The van der Waals surface area contributed by atoms with Crippen LogP contribution in [0.3, 0.4) is 0 Å². The first-order valence-corrected chi connectivity index (χ1v) is 9.12. The van der Waals surface area contributed by atoms with Gasteiger partial charge in [0.1, 0.15) is 10.8 Å². The first-order chi connectivity index (χ1) is 11.1. The van der Waals surface area contributed by atoms with E-state index >= 15 is 0 Å². The lowest BCUT2D eigenvalue weighted by Gasteiger charge is -2.14. The summed E-state index contributed by atoms with van der Waals surface area (Å²) in [5.74, 6) is 0.983. The van der Waals surface area contributed by atoms with Gasteiger partial charge in [-0.25, -0.2) is 9.97 Å². The van der Waals surface area contributed by atoms with Gasteiger partial charge >= 0.3 is 0 Å². The number of nitrogens with zero attached hydrogens (tertiary/aromatic N) is 3.